The molecule has 1 aromatic heterocycles. The van der Waals surface area contributed by atoms with Crippen molar-refractivity contribution in [1.82, 2.24) is 4.57 Å². The van der Waals surface area contributed by atoms with Gasteiger partial charge < -0.3 is 19.5 Å². The molecule has 6 nitrogen and oxygen atoms in total. The van der Waals surface area contributed by atoms with Crippen LogP contribution in [0.2, 0.25) is 0 Å². The number of aromatic nitrogens is 1. The molecule has 0 saturated heterocycles. The predicted molar refractivity (Wildman–Crippen MR) is 126 cm³/mol. The average Bonchev–Trinajstić information content (AvgIpc) is 3.12. The monoisotopic (exact) mass is 461 g/mol. The maximum Gasteiger partial charge on any atom is 0.342 e. The van der Waals surface area contributed by atoms with Crippen LogP contribution in [0.4, 0.5) is 4.39 Å². The fourth-order valence-corrected chi connectivity index (χ4v) is 4.10. The van der Waals surface area contributed by atoms with E-state index in [1.165, 1.54) is 12.1 Å². The van der Waals surface area contributed by atoms with E-state index in [9.17, 15) is 24.2 Å². The summed E-state index contributed by atoms with van der Waals surface area (Å²) in [5.41, 5.74) is 2.83. The fourth-order valence-electron chi connectivity index (χ4n) is 4.10. The topological polar surface area (TPSA) is 88.8 Å². The number of fused-ring (bicyclic) bond motifs is 1. The molecule has 0 fully saturated rings. The van der Waals surface area contributed by atoms with Gasteiger partial charge in [0.15, 0.2) is 6.61 Å². The Morgan fingerprint density at radius 3 is 2.32 bits per heavy atom. The number of hydrogen-bond acceptors (Lipinski definition) is 5. The smallest absolute Gasteiger partial charge is 0.342 e. The van der Waals surface area contributed by atoms with E-state index in [0.29, 0.717) is 29.3 Å². The lowest BCUT2D eigenvalue weighted by Gasteiger charge is -2.11. The third-order valence-electron chi connectivity index (χ3n) is 5.96. The Balaban J connectivity index is 1.46. The number of ketones is 1. The number of aromatic hydroxyl groups is 2. The minimum atomic E-state index is -0.906. The number of ether oxygens (including phenoxy) is 1. The van der Waals surface area contributed by atoms with Gasteiger partial charge in [0.1, 0.15) is 22.9 Å². The van der Waals surface area contributed by atoms with Gasteiger partial charge in [-0.15, -0.1) is 0 Å². The Hall–Kier alpha value is -4.13. The van der Waals surface area contributed by atoms with Gasteiger partial charge in [0.2, 0.25) is 5.78 Å². The Labute approximate surface area is 195 Å². The van der Waals surface area contributed by atoms with Crippen molar-refractivity contribution in [3.8, 4) is 11.5 Å². The molecule has 0 aliphatic heterocycles. The quantitative estimate of drug-likeness (QED) is 0.227. The molecule has 2 N–H and O–H groups in total. The molecule has 0 bridgehead atoms. The molecule has 34 heavy (non-hydrogen) atoms. The summed E-state index contributed by atoms with van der Waals surface area (Å²) in [7, 11) is 0. The highest BCUT2D eigenvalue weighted by Crippen LogP contribution is 2.35. The lowest BCUT2D eigenvalue weighted by Crippen LogP contribution is -2.15. The number of benzene rings is 3. The molecule has 0 spiro atoms. The van der Waals surface area contributed by atoms with Crippen LogP contribution in [0.3, 0.4) is 0 Å². The fraction of sp³-hybridized carbons (Fsp3) is 0.185. The molecule has 0 radical (unpaired) electrons. The molecule has 4 rings (SSSR count). The molecule has 1 heterocycles. The highest BCUT2D eigenvalue weighted by Gasteiger charge is 2.21. The second-order valence-corrected chi connectivity index (χ2v) is 8.15. The highest BCUT2D eigenvalue weighted by atomic mass is 19.1. The molecule has 3 aromatic carbocycles. The number of esters is 1. The number of aryl methyl sites for hydroxylation is 2. The third-order valence-corrected chi connectivity index (χ3v) is 5.96. The number of halogens is 1. The van der Waals surface area contributed by atoms with E-state index >= 15 is 0 Å². The predicted octanol–water partition coefficient (Wildman–Crippen LogP) is 5.09. The SMILES string of the molecule is Cc1cc(C(=O)COC(=O)c2cc(O)c3ccccc3c2O)c(C)n1CCc1ccc(F)cc1. The van der Waals surface area contributed by atoms with Crippen molar-refractivity contribution >= 4 is 22.5 Å². The standard InChI is InChI=1S/C27H24FNO5/c1-16-13-22(17(2)29(16)12-11-18-7-9-19(28)10-8-18)25(31)15-34-27(33)23-14-24(30)20-5-3-4-6-21(20)26(23)32/h3-10,13-14,30,32H,11-12,15H2,1-2H3. The van der Waals surface area contributed by atoms with E-state index in [-0.39, 0.29) is 28.7 Å². The van der Waals surface area contributed by atoms with E-state index in [4.69, 9.17) is 4.74 Å². The number of rotatable bonds is 7. The summed E-state index contributed by atoms with van der Waals surface area (Å²) in [6.07, 6.45) is 0.671. The number of phenols is 2. The van der Waals surface area contributed by atoms with E-state index in [2.05, 4.69) is 0 Å². The van der Waals surface area contributed by atoms with E-state index in [1.54, 1.807) is 42.5 Å². The van der Waals surface area contributed by atoms with Crippen LogP contribution in [0.25, 0.3) is 10.8 Å². The van der Waals surface area contributed by atoms with Gasteiger partial charge in [0.05, 0.1) is 0 Å². The molecular formula is C27H24FNO5. The van der Waals surface area contributed by atoms with E-state index in [1.807, 2.05) is 18.4 Å². The molecule has 4 aromatic rings. The summed E-state index contributed by atoms with van der Waals surface area (Å²) < 4.78 is 20.3. The van der Waals surface area contributed by atoms with Crippen LogP contribution in [-0.2, 0) is 17.7 Å². The number of hydrogen-bond donors (Lipinski definition) is 2. The molecule has 0 aliphatic carbocycles. The summed E-state index contributed by atoms with van der Waals surface area (Å²) in [6, 6.07) is 15.7. The van der Waals surface area contributed by atoms with Crippen molar-refractivity contribution in [1.29, 1.82) is 0 Å². The lowest BCUT2D eigenvalue weighted by molar-refractivity contribution is 0.0471. The van der Waals surface area contributed by atoms with Crippen LogP contribution in [0.15, 0.2) is 60.7 Å². The minimum Gasteiger partial charge on any atom is -0.507 e. The first-order valence-electron chi connectivity index (χ1n) is 10.8. The average molecular weight is 461 g/mol. The highest BCUT2D eigenvalue weighted by molar-refractivity contribution is 6.05. The lowest BCUT2D eigenvalue weighted by atomic mass is 10.0. The Bertz CT molecular complexity index is 1390. The van der Waals surface area contributed by atoms with Crippen molar-refractivity contribution in [2.75, 3.05) is 6.61 Å². The minimum absolute atomic E-state index is 0.170. The van der Waals surface area contributed by atoms with Crippen molar-refractivity contribution in [3.63, 3.8) is 0 Å². The maximum absolute atomic E-state index is 13.1. The van der Waals surface area contributed by atoms with Crippen LogP contribution in [-0.4, -0.2) is 33.1 Å². The van der Waals surface area contributed by atoms with Crippen LogP contribution in [0.5, 0.6) is 11.5 Å². The van der Waals surface area contributed by atoms with Gasteiger partial charge in [-0.25, -0.2) is 9.18 Å². The summed E-state index contributed by atoms with van der Waals surface area (Å²) in [5.74, 6) is -2.05. The second-order valence-electron chi connectivity index (χ2n) is 8.15. The van der Waals surface area contributed by atoms with Crippen LogP contribution < -0.4 is 0 Å². The van der Waals surface area contributed by atoms with Crippen LogP contribution >= 0.6 is 0 Å². The van der Waals surface area contributed by atoms with Gasteiger partial charge in [0, 0.05) is 34.3 Å². The summed E-state index contributed by atoms with van der Waals surface area (Å²) in [6.45, 7) is 3.81. The van der Waals surface area contributed by atoms with Crippen molar-refractivity contribution in [2.45, 2.75) is 26.8 Å². The first kappa shape index (κ1) is 23.0. The van der Waals surface area contributed by atoms with Gasteiger partial charge in [-0.3, -0.25) is 4.79 Å². The molecule has 0 aliphatic rings. The molecule has 0 saturated carbocycles. The molecule has 174 valence electrons. The van der Waals surface area contributed by atoms with E-state index < -0.39 is 12.6 Å². The summed E-state index contributed by atoms with van der Waals surface area (Å²) >= 11 is 0. The number of Topliss-reactive ketones (excluding diaryl/α,β-unsaturated/α-hetero) is 1. The van der Waals surface area contributed by atoms with E-state index in [0.717, 1.165) is 23.0 Å². The zero-order valence-electron chi connectivity index (χ0n) is 18.8. The first-order valence-corrected chi connectivity index (χ1v) is 10.8. The van der Waals surface area contributed by atoms with Gasteiger partial charge in [-0.2, -0.15) is 0 Å². The molecule has 7 heteroatoms. The summed E-state index contributed by atoms with van der Waals surface area (Å²) in [4.78, 5) is 25.4. The van der Waals surface area contributed by atoms with Crippen molar-refractivity contribution in [2.24, 2.45) is 0 Å². The van der Waals surface area contributed by atoms with Crippen LogP contribution in [0.1, 0.15) is 37.7 Å². The second kappa shape index (κ2) is 9.39. The van der Waals surface area contributed by atoms with Crippen LogP contribution in [0, 0.1) is 19.7 Å². The molecular weight excluding hydrogens is 437 g/mol. The molecule has 0 atom stereocenters. The normalized spacial score (nSPS) is 11.0. The zero-order chi connectivity index (χ0) is 24.4. The van der Waals surface area contributed by atoms with Gasteiger partial charge in [0.25, 0.3) is 0 Å². The van der Waals surface area contributed by atoms with Crippen molar-refractivity contribution in [3.05, 3.63) is 94.6 Å². The number of phenolic OH excluding ortho intramolecular Hbond substituents is 2. The van der Waals surface area contributed by atoms with Gasteiger partial charge >= 0.3 is 5.97 Å². The van der Waals surface area contributed by atoms with Crippen molar-refractivity contribution < 1.29 is 28.9 Å². The van der Waals surface area contributed by atoms with Gasteiger partial charge in [-0.05, 0) is 50.1 Å². The molecule has 0 unspecified atom stereocenters. The van der Waals surface area contributed by atoms with Gasteiger partial charge in [-0.1, -0.05) is 36.4 Å². The third kappa shape index (κ3) is 4.50. The number of nitrogens with zero attached hydrogens (tertiary/aromatic N) is 1. The summed E-state index contributed by atoms with van der Waals surface area (Å²) in [5, 5.41) is 21.4. The zero-order valence-corrected chi connectivity index (χ0v) is 18.8. The largest absolute Gasteiger partial charge is 0.507 e. The maximum atomic E-state index is 13.1. The Kier molecular flexibility index (Phi) is 6.36. The number of carbonyl (C=O) groups is 2. The Morgan fingerprint density at radius 1 is 0.941 bits per heavy atom. The first-order chi connectivity index (χ1) is 16.3. The Morgan fingerprint density at radius 2 is 1.62 bits per heavy atom. The number of carbonyl (C=O) groups excluding carboxylic acids is 2. The molecule has 0 amide bonds.